The van der Waals surface area contributed by atoms with Crippen LogP contribution in [-0.2, 0) is 40.5 Å². The van der Waals surface area contributed by atoms with Crippen molar-refractivity contribution in [3.8, 4) is 0 Å². The molecule has 0 fully saturated rings. The second-order valence-corrected chi connectivity index (χ2v) is 17.7. The number of anilines is 4. The highest BCUT2D eigenvalue weighted by Gasteiger charge is 2.22. The Morgan fingerprint density at radius 3 is 1.74 bits per heavy atom. The molecule has 0 spiro atoms. The van der Waals surface area contributed by atoms with E-state index in [1.807, 2.05) is 0 Å². The third-order valence-corrected chi connectivity index (χ3v) is 11.4. The van der Waals surface area contributed by atoms with E-state index in [9.17, 15) is 47.3 Å². The van der Waals surface area contributed by atoms with Crippen molar-refractivity contribution in [2.24, 2.45) is 20.5 Å². The van der Waals surface area contributed by atoms with Gasteiger partial charge in [0.25, 0.3) is 40.5 Å². The fourth-order valence-electron chi connectivity index (χ4n) is 5.16. The van der Waals surface area contributed by atoms with Crippen LogP contribution in [0.5, 0.6) is 0 Å². The van der Waals surface area contributed by atoms with E-state index in [0.29, 0.717) is 11.3 Å². The summed E-state index contributed by atoms with van der Waals surface area (Å²) in [4.78, 5) is 9.86. The molecule has 0 aliphatic rings. The van der Waals surface area contributed by atoms with E-state index >= 15 is 0 Å². The number of benzene rings is 5. The molecule has 6 aromatic rings. The Bertz CT molecular complexity index is 3150. The first-order valence-electron chi connectivity index (χ1n) is 15.7. The van der Waals surface area contributed by atoms with Crippen molar-refractivity contribution in [2.75, 3.05) is 10.6 Å². The molecule has 21 nitrogen and oxygen atoms in total. The summed E-state index contributed by atoms with van der Waals surface area (Å²) in [6, 6.07) is 18.5. The van der Waals surface area contributed by atoms with Gasteiger partial charge in [-0.2, -0.15) is 69.1 Å². The molecule has 1 aromatic heterocycles. The van der Waals surface area contributed by atoms with Crippen LogP contribution in [0.25, 0.3) is 10.8 Å². The van der Waals surface area contributed by atoms with Crippen LogP contribution in [0.2, 0.25) is 5.28 Å². The Morgan fingerprint density at radius 2 is 1.12 bits per heavy atom. The summed E-state index contributed by atoms with van der Waals surface area (Å²) in [5.41, 5.74) is 0.942. The first-order valence-corrected chi connectivity index (χ1v) is 21.8. The number of nitrogens with one attached hydrogen (secondary N) is 2. The number of rotatable bonds is 12. The van der Waals surface area contributed by atoms with E-state index in [4.69, 9.17) is 16.2 Å². The van der Waals surface area contributed by atoms with Gasteiger partial charge in [0.2, 0.25) is 17.2 Å². The zero-order chi connectivity index (χ0) is 42.2. The lowest BCUT2D eigenvalue weighted by atomic mass is 10.1. The Kier molecular flexibility index (Phi) is 11.4. The van der Waals surface area contributed by atoms with Crippen LogP contribution in [0.1, 0.15) is 5.56 Å². The van der Waals surface area contributed by atoms with E-state index in [1.165, 1.54) is 54.6 Å². The number of aromatic nitrogens is 3. The fraction of sp³-hybridized carbons (Fsp3) is 0.0312. The van der Waals surface area contributed by atoms with Gasteiger partial charge in [-0.15, -0.1) is 0 Å². The summed E-state index contributed by atoms with van der Waals surface area (Å²) >= 11 is 6.13. The van der Waals surface area contributed by atoms with Crippen molar-refractivity contribution in [1.29, 1.82) is 0 Å². The second-order valence-electron chi connectivity index (χ2n) is 11.8. The summed E-state index contributed by atoms with van der Waals surface area (Å²) in [5, 5.41) is 20.8. The monoisotopic (exact) mass is 889 g/mol. The highest BCUT2D eigenvalue weighted by Crippen LogP contribution is 2.35. The van der Waals surface area contributed by atoms with Crippen molar-refractivity contribution in [3.05, 3.63) is 102 Å². The summed E-state index contributed by atoms with van der Waals surface area (Å²) < 4.78 is 134. The number of azo groups is 2. The molecule has 5 aromatic carbocycles. The van der Waals surface area contributed by atoms with Crippen LogP contribution in [0, 0.1) is 6.92 Å². The van der Waals surface area contributed by atoms with Gasteiger partial charge in [-0.3, -0.25) is 18.2 Å². The van der Waals surface area contributed by atoms with E-state index < -0.39 is 55.2 Å². The minimum atomic E-state index is -4.87. The quantitative estimate of drug-likeness (QED) is 0.0518. The first kappa shape index (κ1) is 41.7. The van der Waals surface area contributed by atoms with Crippen molar-refractivity contribution < 1.29 is 51.9 Å². The lowest BCUT2D eigenvalue weighted by Gasteiger charge is -2.12. The molecule has 58 heavy (non-hydrogen) atoms. The van der Waals surface area contributed by atoms with Gasteiger partial charge in [-0.05, 0) is 103 Å². The molecule has 1 heterocycles. The molecule has 6 rings (SSSR count). The van der Waals surface area contributed by atoms with Crippen LogP contribution >= 0.6 is 11.6 Å². The SMILES string of the molecule is Cc1cc(Nc2nc(Cl)nc(Nc3ccc(N=Nc4ccc(S(=O)(=O)O)cc4)cc3S(=O)(=O)O)n2)ccc1N=Nc1cc(S(=O)(=O)O)c2cccc(S(=O)(=O)O)c2c1. The Labute approximate surface area is 333 Å². The Hall–Kier alpha value is -5.90. The van der Waals surface area contributed by atoms with Crippen molar-refractivity contribution in [1.82, 2.24) is 15.0 Å². The molecule has 0 bridgehead atoms. The summed E-state index contributed by atoms with van der Waals surface area (Å²) in [7, 11) is -19.0. The van der Waals surface area contributed by atoms with Crippen LogP contribution < -0.4 is 10.6 Å². The zero-order valence-electron chi connectivity index (χ0n) is 28.9. The Morgan fingerprint density at radius 1 is 0.534 bits per heavy atom. The third kappa shape index (κ3) is 9.96. The minimum absolute atomic E-state index is 0.0298. The maximum atomic E-state index is 12.3. The third-order valence-electron chi connectivity index (χ3n) is 7.70. The normalized spacial score (nSPS) is 12.7. The summed E-state index contributed by atoms with van der Waals surface area (Å²) in [5.74, 6) is -0.363. The maximum Gasteiger partial charge on any atom is 0.296 e. The van der Waals surface area contributed by atoms with Gasteiger partial charge >= 0.3 is 0 Å². The predicted octanol–water partition coefficient (Wildman–Crippen LogP) is 7.29. The van der Waals surface area contributed by atoms with E-state index in [2.05, 4.69) is 46.0 Å². The largest absolute Gasteiger partial charge is 0.324 e. The summed E-state index contributed by atoms with van der Waals surface area (Å²) in [6.07, 6.45) is 0. The molecule has 0 aliphatic carbocycles. The average molecular weight is 890 g/mol. The van der Waals surface area contributed by atoms with Crippen LogP contribution in [-0.4, -0.2) is 66.8 Å². The maximum absolute atomic E-state index is 12.3. The predicted molar refractivity (Wildman–Crippen MR) is 207 cm³/mol. The topological polar surface area (TPSA) is 330 Å². The molecule has 26 heteroatoms. The molecule has 0 aliphatic heterocycles. The summed E-state index contributed by atoms with van der Waals surface area (Å²) in [6.45, 7) is 1.65. The highest BCUT2D eigenvalue weighted by atomic mass is 35.5. The number of fused-ring (bicyclic) bond motifs is 1. The number of halogens is 1. The van der Waals surface area contributed by atoms with Crippen LogP contribution in [0.3, 0.4) is 0 Å². The molecule has 0 unspecified atom stereocenters. The average Bonchev–Trinajstić information content (AvgIpc) is 3.12. The van der Waals surface area contributed by atoms with Crippen LogP contribution in [0.15, 0.2) is 131 Å². The number of hydrogen-bond acceptors (Lipinski definition) is 17. The van der Waals surface area contributed by atoms with Crippen molar-refractivity contribution in [3.63, 3.8) is 0 Å². The van der Waals surface area contributed by atoms with E-state index in [-0.39, 0.29) is 61.3 Å². The van der Waals surface area contributed by atoms with Gasteiger partial charge in [0.05, 0.1) is 33.3 Å². The molecule has 300 valence electrons. The molecule has 0 amide bonds. The van der Waals surface area contributed by atoms with E-state index in [1.54, 1.807) is 13.0 Å². The second kappa shape index (κ2) is 15.8. The molecule has 0 atom stereocenters. The molecular weight excluding hydrogens is 866 g/mol. The Balaban J connectivity index is 1.22. The lowest BCUT2D eigenvalue weighted by Crippen LogP contribution is -2.07. The number of aryl methyl sites for hydroxylation is 1. The first-order chi connectivity index (χ1) is 27.0. The van der Waals surface area contributed by atoms with Gasteiger partial charge in [0.1, 0.15) is 14.7 Å². The van der Waals surface area contributed by atoms with Crippen molar-refractivity contribution in [2.45, 2.75) is 26.5 Å². The molecule has 6 N–H and O–H groups in total. The molecule has 0 saturated carbocycles. The van der Waals surface area contributed by atoms with Gasteiger partial charge in [-0.25, -0.2) is 0 Å². The minimum Gasteiger partial charge on any atom is -0.324 e. The molecular formula is C32H24ClN9O12S4. The fourth-order valence-corrected chi connectivity index (χ4v) is 7.89. The number of hydrogen-bond donors (Lipinski definition) is 6. The van der Waals surface area contributed by atoms with Gasteiger partial charge in [-0.1, -0.05) is 12.1 Å². The molecule has 0 radical (unpaired) electrons. The smallest absolute Gasteiger partial charge is 0.296 e. The number of nitrogens with zero attached hydrogens (tertiary/aromatic N) is 7. The van der Waals surface area contributed by atoms with Crippen LogP contribution in [0.4, 0.5) is 46.0 Å². The molecule has 0 saturated heterocycles. The van der Waals surface area contributed by atoms with Gasteiger partial charge in [0, 0.05) is 16.5 Å². The van der Waals surface area contributed by atoms with Gasteiger partial charge in [0.15, 0.2) is 0 Å². The van der Waals surface area contributed by atoms with Crippen molar-refractivity contribution >= 4 is 109 Å². The zero-order valence-corrected chi connectivity index (χ0v) is 32.9. The standard InChI is InChI=1S/C32H24ClN9O12S4/c1-17-13-19(7-11-25(17)42-41-21-14-24-23(28(16-21)57(49,50)51)3-2-4-27(24)56(46,47)48)34-31-36-30(33)37-32(38-31)35-26-12-8-20(15-29(26)58(52,53)54)40-39-18-5-9-22(10-6-18)55(43,44)45/h2-16H,1H3,(H,43,44,45)(H,46,47,48)(H,49,50,51)(H,52,53,54)(H2,34,35,36,37,38). The van der Waals surface area contributed by atoms with E-state index in [0.717, 1.165) is 30.3 Å². The highest BCUT2D eigenvalue weighted by molar-refractivity contribution is 7.87. The lowest BCUT2D eigenvalue weighted by molar-refractivity contribution is 0.481. The van der Waals surface area contributed by atoms with Gasteiger partial charge < -0.3 is 10.6 Å².